The molecular weight excluding hydrogens is 547 g/mol. The van der Waals surface area contributed by atoms with Gasteiger partial charge >= 0.3 is 0 Å². The highest BCUT2D eigenvalue weighted by Crippen LogP contribution is 2.25. The van der Waals surface area contributed by atoms with E-state index in [2.05, 4.69) is 5.32 Å². The first-order valence-corrected chi connectivity index (χ1v) is 14.5. The fourth-order valence-electron chi connectivity index (χ4n) is 3.75. The standard InChI is InChI=1S/C29H31Cl3N2O2S/c1-3-20(2)33-29(36)27(15-21-7-5-4-6-8-21)34(17-22-9-12-24(30)13-10-22)28(35)19-37-18-23-11-14-25(31)16-26(23)32/h4-14,16,20,27H,3,15,17-19H2,1-2H3,(H,33,36)/t20-,27+/m0/s1. The second-order valence-electron chi connectivity index (χ2n) is 8.90. The number of rotatable bonds is 12. The third-order valence-electron chi connectivity index (χ3n) is 6.04. The smallest absolute Gasteiger partial charge is 0.243 e. The predicted octanol–water partition coefficient (Wildman–Crippen LogP) is 7.43. The Bertz CT molecular complexity index is 1180. The normalized spacial score (nSPS) is 12.6. The van der Waals surface area contributed by atoms with Crippen molar-refractivity contribution in [1.29, 1.82) is 0 Å². The van der Waals surface area contributed by atoms with Crippen molar-refractivity contribution in [3.63, 3.8) is 0 Å². The first-order valence-electron chi connectivity index (χ1n) is 12.2. The number of hydrogen-bond donors (Lipinski definition) is 1. The van der Waals surface area contributed by atoms with Crippen LogP contribution in [-0.4, -0.2) is 34.6 Å². The molecule has 0 saturated carbocycles. The number of benzene rings is 3. The van der Waals surface area contributed by atoms with Gasteiger partial charge in [0.25, 0.3) is 0 Å². The molecule has 196 valence electrons. The largest absolute Gasteiger partial charge is 0.352 e. The van der Waals surface area contributed by atoms with Gasteiger partial charge in [-0.1, -0.05) is 90.3 Å². The van der Waals surface area contributed by atoms with E-state index >= 15 is 0 Å². The van der Waals surface area contributed by atoms with Gasteiger partial charge in [-0.15, -0.1) is 11.8 Å². The molecule has 0 bridgehead atoms. The number of nitrogens with zero attached hydrogens (tertiary/aromatic N) is 1. The number of hydrogen-bond acceptors (Lipinski definition) is 3. The van der Waals surface area contributed by atoms with E-state index in [1.165, 1.54) is 11.8 Å². The van der Waals surface area contributed by atoms with Crippen LogP contribution in [0.25, 0.3) is 0 Å². The van der Waals surface area contributed by atoms with E-state index in [-0.39, 0.29) is 23.6 Å². The van der Waals surface area contributed by atoms with E-state index in [0.29, 0.717) is 33.8 Å². The summed E-state index contributed by atoms with van der Waals surface area (Å²) >= 11 is 19.9. The first-order chi connectivity index (χ1) is 17.8. The molecule has 3 rings (SSSR count). The van der Waals surface area contributed by atoms with Crippen LogP contribution in [0.5, 0.6) is 0 Å². The summed E-state index contributed by atoms with van der Waals surface area (Å²) in [5.74, 6) is 0.476. The van der Waals surface area contributed by atoms with Crippen molar-refractivity contribution in [3.05, 3.63) is 105 Å². The molecule has 0 fully saturated rings. The zero-order valence-corrected chi connectivity index (χ0v) is 24.0. The zero-order valence-electron chi connectivity index (χ0n) is 20.9. The van der Waals surface area contributed by atoms with Crippen molar-refractivity contribution in [2.45, 2.75) is 51.1 Å². The maximum atomic E-state index is 13.7. The Morgan fingerprint density at radius 3 is 2.24 bits per heavy atom. The molecule has 0 radical (unpaired) electrons. The fraction of sp³-hybridized carbons (Fsp3) is 0.310. The minimum Gasteiger partial charge on any atom is -0.352 e. The SMILES string of the molecule is CC[C@H](C)NC(=O)[C@@H](Cc1ccccc1)N(Cc1ccc(Cl)cc1)C(=O)CSCc1ccc(Cl)cc1Cl. The summed E-state index contributed by atoms with van der Waals surface area (Å²) < 4.78 is 0. The molecule has 2 atom stereocenters. The topological polar surface area (TPSA) is 49.4 Å². The number of carbonyl (C=O) groups excluding carboxylic acids is 2. The fourth-order valence-corrected chi connectivity index (χ4v) is 5.35. The van der Waals surface area contributed by atoms with Crippen LogP contribution in [-0.2, 0) is 28.3 Å². The van der Waals surface area contributed by atoms with E-state index in [9.17, 15) is 9.59 Å². The van der Waals surface area contributed by atoms with Gasteiger partial charge in [-0.3, -0.25) is 9.59 Å². The molecule has 2 amide bonds. The third kappa shape index (κ3) is 9.26. The van der Waals surface area contributed by atoms with Gasteiger partial charge in [0.2, 0.25) is 11.8 Å². The molecule has 0 heterocycles. The average Bonchev–Trinajstić information content (AvgIpc) is 2.88. The van der Waals surface area contributed by atoms with Gasteiger partial charge in [0.1, 0.15) is 6.04 Å². The Hall–Kier alpha value is -2.18. The van der Waals surface area contributed by atoms with Gasteiger partial charge < -0.3 is 10.2 Å². The highest BCUT2D eigenvalue weighted by molar-refractivity contribution is 7.99. The lowest BCUT2D eigenvalue weighted by Gasteiger charge is -2.32. The molecule has 0 aromatic heterocycles. The molecule has 0 unspecified atom stereocenters. The minimum absolute atomic E-state index is 0.000297. The summed E-state index contributed by atoms with van der Waals surface area (Å²) in [6.45, 7) is 4.28. The summed E-state index contributed by atoms with van der Waals surface area (Å²) in [7, 11) is 0. The van der Waals surface area contributed by atoms with Crippen molar-refractivity contribution in [1.82, 2.24) is 10.2 Å². The van der Waals surface area contributed by atoms with Crippen LogP contribution in [0.2, 0.25) is 15.1 Å². The van der Waals surface area contributed by atoms with Crippen molar-refractivity contribution in [3.8, 4) is 0 Å². The highest BCUT2D eigenvalue weighted by atomic mass is 35.5. The Morgan fingerprint density at radius 1 is 0.919 bits per heavy atom. The molecule has 3 aromatic carbocycles. The van der Waals surface area contributed by atoms with Crippen LogP contribution in [0.15, 0.2) is 72.8 Å². The van der Waals surface area contributed by atoms with Crippen LogP contribution in [0.4, 0.5) is 0 Å². The average molecular weight is 578 g/mol. The monoisotopic (exact) mass is 576 g/mol. The lowest BCUT2D eigenvalue weighted by atomic mass is 10.0. The van der Waals surface area contributed by atoms with Crippen LogP contribution < -0.4 is 5.32 Å². The Labute approximate surface area is 238 Å². The van der Waals surface area contributed by atoms with Crippen molar-refractivity contribution >= 4 is 58.4 Å². The van der Waals surface area contributed by atoms with Gasteiger partial charge in [0, 0.05) is 39.8 Å². The lowest BCUT2D eigenvalue weighted by molar-refractivity contribution is -0.139. The molecule has 0 aliphatic rings. The molecule has 1 N–H and O–H groups in total. The quantitative estimate of drug-likeness (QED) is 0.243. The Kier molecular flexibility index (Phi) is 11.7. The van der Waals surface area contributed by atoms with E-state index in [1.54, 1.807) is 29.2 Å². The summed E-state index contributed by atoms with van der Waals surface area (Å²) in [4.78, 5) is 28.9. The van der Waals surface area contributed by atoms with Crippen LogP contribution in [0, 0.1) is 0 Å². The second-order valence-corrected chi connectivity index (χ2v) is 11.2. The molecular formula is C29H31Cl3N2O2S. The molecule has 0 aliphatic carbocycles. The molecule has 4 nitrogen and oxygen atoms in total. The van der Waals surface area contributed by atoms with Gasteiger partial charge in [-0.2, -0.15) is 0 Å². The van der Waals surface area contributed by atoms with Gasteiger partial charge in [-0.05, 0) is 54.3 Å². The molecule has 37 heavy (non-hydrogen) atoms. The van der Waals surface area contributed by atoms with E-state index in [0.717, 1.165) is 23.1 Å². The van der Waals surface area contributed by atoms with Crippen molar-refractivity contribution < 1.29 is 9.59 Å². The maximum absolute atomic E-state index is 13.7. The summed E-state index contributed by atoms with van der Waals surface area (Å²) in [6.07, 6.45) is 1.21. The number of amides is 2. The third-order valence-corrected chi connectivity index (χ3v) is 7.84. The Balaban J connectivity index is 1.85. The first kappa shape index (κ1) is 29.4. The predicted molar refractivity (Wildman–Crippen MR) is 156 cm³/mol. The molecule has 3 aromatic rings. The van der Waals surface area contributed by atoms with Crippen LogP contribution in [0.3, 0.4) is 0 Å². The van der Waals surface area contributed by atoms with Gasteiger partial charge in [0.15, 0.2) is 0 Å². The van der Waals surface area contributed by atoms with Gasteiger partial charge in [0.05, 0.1) is 5.75 Å². The van der Waals surface area contributed by atoms with Gasteiger partial charge in [-0.25, -0.2) is 0 Å². The lowest BCUT2D eigenvalue weighted by Crippen LogP contribution is -2.52. The number of halogens is 3. The second kappa shape index (κ2) is 14.7. The minimum atomic E-state index is -0.667. The summed E-state index contributed by atoms with van der Waals surface area (Å²) in [5, 5.41) is 4.84. The molecule has 0 spiro atoms. The number of nitrogens with one attached hydrogen (secondary N) is 1. The molecule has 0 aliphatic heterocycles. The van der Waals surface area contributed by atoms with E-state index in [4.69, 9.17) is 34.8 Å². The van der Waals surface area contributed by atoms with Crippen molar-refractivity contribution in [2.24, 2.45) is 0 Å². The summed E-state index contributed by atoms with van der Waals surface area (Å²) in [5.41, 5.74) is 2.79. The molecule has 0 saturated heterocycles. The summed E-state index contributed by atoms with van der Waals surface area (Å²) in [6, 6.07) is 21.8. The number of thioether (sulfide) groups is 1. The molecule has 8 heteroatoms. The Morgan fingerprint density at radius 2 is 1.59 bits per heavy atom. The maximum Gasteiger partial charge on any atom is 0.243 e. The zero-order chi connectivity index (χ0) is 26.8. The van der Waals surface area contributed by atoms with E-state index < -0.39 is 6.04 Å². The van der Waals surface area contributed by atoms with Crippen LogP contribution in [0.1, 0.15) is 37.0 Å². The van der Waals surface area contributed by atoms with E-state index in [1.807, 2.05) is 62.4 Å². The van der Waals surface area contributed by atoms with Crippen molar-refractivity contribution in [2.75, 3.05) is 5.75 Å². The van der Waals surface area contributed by atoms with Crippen LogP contribution >= 0.6 is 46.6 Å². The highest BCUT2D eigenvalue weighted by Gasteiger charge is 2.30. The number of carbonyl (C=O) groups is 2.